The first-order valence-electron chi connectivity index (χ1n) is 11.1. The molecule has 0 amide bonds. The van der Waals surface area contributed by atoms with E-state index in [0.29, 0.717) is 11.7 Å². The fourth-order valence-electron chi connectivity index (χ4n) is 5.17. The fraction of sp³-hybridized carbons (Fsp3) is 0.440. The lowest BCUT2D eigenvalue weighted by Crippen LogP contribution is -2.30. The molecule has 0 radical (unpaired) electrons. The minimum absolute atomic E-state index is 0.139. The minimum Gasteiger partial charge on any atom is -0.491 e. The molecule has 6 heteroatoms. The van der Waals surface area contributed by atoms with Gasteiger partial charge in [-0.25, -0.2) is 0 Å². The number of nitrogens with zero attached hydrogens (tertiary/aromatic N) is 3. The molecule has 1 spiro atoms. The maximum absolute atomic E-state index is 9.32. The second-order valence-electron chi connectivity index (χ2n) is 8.98. The summed E-state index contributed by atoms with van der Waals surface area (Å²) in [4.78, 5) is 7.09. The van der Waals surface area contributed by atoms with Gasteiger partial charge in [0.05, 0.1) is 12.7 Å². The Labute approximate surface area is 182 Å². The number of aliphatic hydroxyl groups is 1. The van der Waals surface area contributed by atoms with Gasteiger partial charge < -0.3 is 19.3 Å². The molecule has 1 aliphatic carbocycles. The van der Waals surface area contributed by atoms with Gasteiger partial charge in [-0.3, -0.25) is 0 Å². The van der Waals surface area contributed by atoms with Gasteiger partial charge in [0.1, 0.15) is 5.75 Å². The quantitative estimate of drug-likeness (QED) is 0.649. The lowest BCUT2D eigenvalue weighted by Gasteiger charge is -2.25. The van der Waals surface area contributed by atoms with Crippen LogP contribution in [-0.2, 0) is 11.8 Å². The summed E-state index contributed by atoms with van der Waals surface area (Å²) in [6.07, 6.45) is 3.46. The largest absolute Gasteiger partial charge is 0.491 e. The van der Waals surface area contributed by atoms with Crippen LogP contribution in [0.25, 0.3) is 22.8 Å². The molecular formula is C25H29N3O3. The van der Waals surface area contributed by atoms with E-state index >= 15 is 0 Å². The Kier molecular flexibility index (Phi) is 5.28. The highest BCUT2D eigenvalue weighted by atomic mass is 16.5. The molecule has 31 heavy (non-hydrogen) atoms. The molecule has 1 saturated heterocycles. The van der Waals surface area contributed by atoms with Crippen molar-refractivity contribution in [3.8, 4) is 28.6 Å². The van der Waals surface area contributed by atoms with E-state index in [1.165, 1.54) is 11.1 Å². The third-order valence-electron chi connectivity index (χ3n) is 6.59. The summed E-state index contributed by atoms with van der Waals surface area (Å²) < 4.78 is 11.3. The van der Waals surface area contributed by atoms with E-state index in [1.54, 1.807) is 0 Å². The Morgan fingerprint density at radius 1 is 1.16 bits per heavy atom. The standard InChI is InChI=1S/C25H29N3O3/c1-17(2)30-19-8-6-18(7-9-19)24-26-23(27-31-24)21-4-3-5-22-20(21)10-11-25(22)12-13-28(16-25)14-15-29/h3-9,17,29H,10-16H2,1-2H3. The van der Waals surface area contributed by atoms with Crippen molar-refractivity contribution in [2.45, 2.75) is 44.6 Å². The first-order valence-corrected chi connectivity index (χ1v) is 11.1. The molecule has 6 nitrogen and oxygen atoms in total. The Hall–Kier alpha value is -2.70. The van der Waals surface area contributed by atoms with Crippen LogP contribution >= 0.6 is 0 Å². The maximum atomic E-state index is 9.32. The Balaban J connectivity index is 1.41. The van der Waals surface area contributed by atoms with Crippen LogP contribution in [0.5, 0.6) is 5.75 Å². The van der Waals surface area contributed by atoms with Gasteiger partial charge in [0.2, 0.25) is 5.82 Å². The van der Waals surface area contributed by atoms with E-state index in [1.807, 2.05) is 38.1 Å². The fourth-order valence-corrected chi connectivity index (χ4v) is 5.17. The Morgan fingerprint density at radius 2 is 2.00 bits per heavy atom. The highest BCUT2D eigenvalue weighted by Gasteiger charge is 2.44. The maximum Gasteiger partial charge on any atom is 0.258 e. The zero-order valence-corrected chi connectivity index (χ0v) is 18.2. The number of ether oxygens (including phenoxy) is 1. The van der Waals surface area contributed by atoms with E-state index in [4.69, 9.17) is 14.2 Å². The zero-order chi connectivity index (χ0) is 21.4. The third-order valence-corrected chi connectivity index (χ3v) is 6.59. The molecule has 1 fully saturated rings. The zero-order valence-electron chi connectivity index (χ0n) is 18.2. The van der Waals surface area contributed by atoms with E-state index in [2.05, 4.69) is 28.3 Å². The molecule has 5 rings (SSSR count). The number of hydrogen-bond acceptors (Lipinski definition) is 6. The summed E-state index contributed by atoms with van der Waals surface area (Å²) in [7, 11) is 0. The van der Waals surface area contributed by atoms with E-state index in [0.717, 1.165) is 55.8 Å². The number of β-amino-alcohol motifs (C(OH)–C–C–N with tert-alkyl or cyclic N) is 1. The third kappa shape index (κ3) is 3.75. The van der Waals surface area contributed by atoms with Crippen molar-refractivity contribution in [3.05, 3.63) is 53.6 Å². The molecule has 2 aromatic carbocycles. The van der Waals surface area contributed by atoms with Crippen LogP contribution < -0.4 is 4.74 Å². The van der Waals surface area contributed by atoms with Crippen LogP contribution in [0.2, 0.25) is 0 Å². The van der Waals surface area contributed by atoms with Crippen molar-refractivity contribution < 1.29 is 14.4 Å². The van der Waals surface area contributed by atoms with Crippen molar-refractivity contribution in [2.75, 3.05) is 26.2 Å². The number of likely N-dealkylation sites (tertiary alicyclic amines) is 1. The van der Waals surface area contributed by atoms with Crippen LogP contribution in [-0.4, -0.2) is 52.5 Å². The average molecular weight is 420 g/mol. The van der Waals surface area contributed by atoms with Crippen LogP contribution in [0.15, 0.2) is 47.0 Å². The van der Waals surface area contributed by atoms with Gasteiger partial charge >= 0.3 is 0 Å². The van der Waals surface area contributed by atoms with Crippen molar-refractivity contribution >= 4 is 0 Å². The molecule has 0 saturated carbocycles. The number of aliphatic hydroxyl groups excluding tert-OH is 1. The van der Waals surface area contributed by atoms with Gasteiger partial charge in [-0.2, -0.15) is 4.98 Å². The van der Waals surface area contributed by atoms with Crippen molar-refractivity contribution in [1.29, 1.82) is 0 Å². The monoisotopic (exact) mass is 419 g/mol. The van der Waals surface area contributed by atoms with Crippen molar-refractivity contribution in [3.63, 3.8) is 0 Å². The van der Waals surface area contributed by atoms with Gasteiger partial charge in [-0.1, -0.05) is 23.4 Å². The smallest absolute Gasteiger partial charge is 0.258 e. The molecule has 2 heterocycles. The van der Waals surface area contributed by atoms with Gasteiger partial charge in [0, 0.05) is 29.6 Å². The molecule has 1 N–H and O–H groups in total. The van der Waals surface area contributed by atoms with Crippen molar-refractivity contribution in [2.24, 2.45) is 0 Å². The Morgan fingerprint density at radius 3 is 2.77 bits per heavy atom. The van der Waals surface area contributed by atoms with Gasteiger partial charge in [0.15, 0.2) is 0 Å². The second kappa shape index (κ2) is 8.09. The number of benzene rings is 2. The normalized spacial score (nSPS) is 20.6. The Bertz CT molecular complexity index is 1060. The SMILES string of the molecule is CC(C)Oc1ccc(-c2nc(-c3cccc4c3CCC43CCN(CCO)C3)no2)cc1. The average Bonchev–Trinajstić information content (AvgIpc) is 3.49. The summed E-state index contributed by atoms with van der Waals surface area (Å²) >= 11 is 0. The van der Waals surface area contributed by atoms with Crippen LogP contribution in [0.1, 0.15) is 37.8 Å². The molecular weight excluding hydrogens is 390 g/mol. The summed E-state index contributed by atoms with van der Waals surface area (Å²) in [6, 6.07) is 14.3. The lowest BCUT2D eigenvalue weighted by atomic mass is 9.81. The first kappa shape index (κ1) is 20.2. The minimum atomic E-state index is 0.139. The molecule has 162 valence electrons. The molecule has 0 bridgehead atoms. The second-order valence-corrected chi connectivity index (χ2v) is 8.98. The number of fused-ring (bicyclic) bond motifs is 2. The number of aromatic nitrogens is 2. The van der Waals surface area contributed by atoms with E-state index < -0.39 is 0 Å². The molecule has 2 aliphatic rings. The predicted octanol–water partition coefficient (Wildman–Crippen LogP) is 4.07. The molecule has 1 aliphatic heterocycles. The molecule has 1 atom stereocenters. The van der Waals surface area contributed by atoms with E-state index in [9.17, 15) is 5.11 Å². The summed E-state index contributed by atoms with van der Waals surface area (Å²) in [5, 5.41) is 13.6. The molecule has 3 aromatic rings. The number of hydrogen-bond donors (Lipinski definition) is 1. The highest BCUT2D eigenvalue weighted by Crippen LogP contribution is 2.47. The van der Waals surface area contributed by atoms with Gasteiger partial charge in [0.25, 0.3) is 5.89 Å². The summed E-state index contributed by atoms with van der Waals surface area (Å²) in [5.74, 6) is 2.00. The predicted molar refractivity (Wildman–Crippen MR) is 119 cm³/mol. The van der Waals surface area contributed by atoms with Crippen LogP contribution in [0.4, 0.5) is 0 Å². The summed E-state index contributed by atoms with van der Waals surface area (Å²) in [6.45, 7) is 7.07. The van der Waals surface area contributed by atoms with Crippen LogP contribution in [0.3, 0.4) is 0 Å². The van der Waals surface area contributed by atoms with E-state index in [-0.39, 0.29) is 18.1 Å². The van der Waals surface area contributed by atoms with Crippen LogP contribution in [0, 0.1) is 0 Å². The first-order chi connectivity index (χ1) is 15.1. The van der Waals surface area contributed by atoms with Gasteiger partial charge in [-0.15, -0.1) is 0 Å². The highest BCUT2D eigenvalue weighted by molar-refractivity contribution is 5.67. The topological polar surface area (TPSA) is 71.6 Å². The lowest BCUT2D eigenvalue weighted by molar-refractivity contribution is 0.213. The summed E-state index contributed by atoms with van der Waals surface area (Å²) in [5.41, 5.74) is 4.92. The van der Waals surface area contributed by atoms with Gasteiger partial charge in [-0.05, 0) is 75.0 Å². The molecule has 1 aromatic heterocycles. The number of rotatable bonds is 6. The molecule has 1 unspecified atom stereocenters. The van der Waals surface area contributed by atoms with Crippen molar-refractivity contribution in [1.82, 2.24) is 15.0 Å².